The van der Waals surface area contributed by atoms with Crippen molar-refractivity contribution < 1.29 is 0 Å². The van der Waals surface area contributed by atoms with Gasteiger partial charge in [0, 0.05) is 36.2 Å². The summed E-state index contributed by atoms with van der Waals surface area (Å²) >= 11 is 6.46. The topological polar surface area (TPSA) is 94.0 Å². The van der Waals surface area contributed by atoms with Crippen molar-refractivity contribution in [1.82, 2.24) is 24.3 Å². The zero-order chi connectivity index (χ0) is 20.5. The van der Waals surface area contributed by atoms with Crippen LogP contribution in [0.15, 0.2) is 55.2 Å². The summed E-state index contributed by atoms with van der Waals surface area (Å²) in [6.07, 6.45) is 13.1. The minimum absolute atomic E-state index is 0.305. The van der Waals surface area contributed by atoms with Crippen LogP contribution in [-0.2, 0) is 0 Å². The molecular formula is C22H22ClN7. The Hall–Kier alpha value is -3.03. The van der Waals surface area contributed by atoms with Gasteiger partial charge in [0.2, 0.25) is 5.95 Å². The van der Waals surface area contributed by atoms with Gasteiger partial charge in [0.15, 0.2) is 0 Å². The molecular weight excluding hydrogens is 398 g/mol. The number of anilines is 1. The molecule has 1 fully saturated rings. The van der Waals surface area contributed by atoms with Crippen molar-refractivity contribution in [1.29, 1.82) is 0 Å². The summed E-state index contributed by atoms with van der Waals surface area (Å²) in [6.45, 7) is 0. The first-order chi connectivity index (χ1) is 14.7. The van der Waals surface area contributed by atoms with Crippen molar-refractivity contribution in [3.05, 3.63) is 60.3 Å². The SMILES string of the molecule is NC1CCC(Nc2ncc(Cl)c(-c3cnc4cc(-c5cccnc5)ccn34)n2)CC1. The Labute approximate surface area is 179 Å². The van der Waals surface area contributed by atoms with E-state index in [0.29, 0.717) is 28.7 Å². The van der Waals surface area contributed by atoms with E-state index in [0.717, 1.165) is 48.2 Å². The third-order valence-corrected chi connectivity index (χ3v) is 5.88. The number of nitrogens with zero attached hydrogens (tertiary/aromatic N) is 5. The molecule has 1 aliphatic rings. The molecule has 4 aromatic heterocycles. The number of hydrogen-bond donors (Lipinski definition) is 2. The Morgan fingerprint density at radius 1 is 1.03 bits per heavy atom. The summed E-state index contributed by atoms with van der Waals surface area (Å²) in [5.74, 6) is 0.580. The third kappa shape index (κ3) is 3.74. The van der Waals surface area contributed by atoms with E-state index in [1.165, 1.54) is 0 Å². The lowest BCUT2D eigenvalue weighted by atomic mass is 9.92. The molecule has 0 bridgehead atoms. The van der Waals surface area contributed by atoms with E-state index >= 15 is 0 Å². The molecule has 0 radical (unpaired) electrons. The number of aromatic nitrogens is 5. The van der Waals surface area contributed by atoms with Crippen LogP contribution in [0.1, 0.15) is 25.7 Å². The number of fused-ring (bicyclic) bond motifs is 1. The second kappa shape index (κ2) is 8.01. The van der Waals surface area contributed by atoms with Gasteiger partial charge < -0.3 is 11.1 Å². The van der Waals surface area contributed by atoms with E-state index in [-0.39, 0.29) is 0 Å². The highest BCUT2D eigenvalue weighted by molar-refractivity contribution is 6.32. The highest BCUT2D eigenvalue weighted by atomic mass is 35.5. The maximum atomic E-state index is 6.46. The smallest absolute Gasteiger partial charge is 0.223 e. The summed E-state index contributed by atoms with van der Waals surface area (Å²) < 4.78 is 1.98. The molecule has 152 valence electrons. The number of hydrogen-bond acceptors (Lipinski definition) is 6. The fourth-order valence-corrected chi connectivity index (χ4v) is 4.12. The predicted octanol–water partition coefficient (Wildman–Crippen LogP) is 4.19. The van der Waals surface area contributed by atoms with E-state index in [2.05, 4.69) is 20.3 Å². The molecule has 1 saturated carbocycles. The van der Waals surface area contributed by atoms with Gasteiger partial charge in [0.05, 0.1) is 23.1 Å². The Kier molecular flexibility index (Phi) is 5.06. The molecule has 0 aliphatic heterocycles. The van der Waals surface area contributed by atoms with Crippen LogP contribution in [0.5, 0.6) is 0 Å². The maximum Gasteiger partial charge on any atom is 0.223 e. The normalized spacial score (nSPS) is 19.1. The van der Waals surface area contributed by atoms with Gasteiger partial charge in [-0.25, -0.2) is 15.0 Å². The number of nitrogens with one attached hydrogen (secondary N) is 1. The summed E-state index contributed by atoms with van der Waals surface area (Å²) in [6, 6.07) is 8.66. The van der Waals surface area contributed by atoms with Gasteiger partial charge in [-0.05, 0) is 49.4 Å². The molecule has 0 atom stereocenters. The van der Waals surface area contributed by atoms with Crippen LogP contribution in [0, 0.1) is 0 Å². The van der Waals surface area contributed by atoms with Gasteiger partial charge >= 0.3 is 0 Å². The van der Waals surface area contributed by atoms with Crippen LogP contribution in [0.4, 0.5) is 5.95 Å². The first-order valence-corrected chi connectivity index (χ1v) is 10.5. The predicted molar refractivity (Wildman–Crippen MR) is 118 cm³/mol. The van der Waals surface area contributed by atoms with E-state index < -0.39 is 0 Å². The minimum atomic E-state index is 0.305. The highest BCUT2D eigenvalue weighted by Crippen LogP contribution is 2.29. The van der Waals surface area contributed by atoms with E-state index in [4.69, 9.17) is 22.3 Å². The molecule has 0 spiro atoms. The first-order valence-electron chi connectivity index (χ1n) is 10.1. The van der Waals surface area contributed by atoms with E-state index in [1.54, 1.807) is 18.6 Å². The second-order valence-electron chi connectivity index (χ2n) is 7.67. The average Bonchev–Trinajstić information content (AvgIpc) is 3.20. The minimum Gasteiger partial charge on any atom is -0.351 e. The van der Waals surface area contributed by atoms with E-state index in [1.807, 2.05) is 41.1 Å². The standard InChI is InChI=1S/C22H22ClN7/c23-18-12-27-22(28-17-5-3-16(24)4-6-17)29-21(18)19-13-26-20-10-14(7-9-30(19)20)15-2-1-8-25-11-15/h1-2,7-13,16-17H,3-6,24H2,(H,27,28,29). The van der Waals surface area contributed by atoms with Crippen molar-refractivity contribution >= 4 is 23.2 Å². The Balaban J connectivity index is 1.46. The van der Waals surface area contributed by atoms with Crippen LogP contribution in [-0.4, -0.2) is 36.4 Å². The third-order valence-electron chi connectivity index (χ3n) is 5.60. The zero-order valence-electron chi connectivity index (χ0n) is 16.4. The molecule has 1 aliphatic carbocycles. The molecule has 7 nitrogen and oxygen atoms in total. The summed E-state index contributed by atoms with van der Waals surface area (Å²) in [5, 5.41) is 3.93. The number of rotatable bonds is 4. The fraction of sp³-hybridized carbons (Fsp3) is 0.273. The molecule has 5 rings (SSSR count). The largest absolute Gasteiger partial charge is 0.351 e. The van der Waals surface area contributed by atoms with Crippen LogP contribution >= 0.6 is 11.6 Å². The number of pyridine rings is 2. The van der Waals surface area contributed by atoms with E-state index in [9.17, 15) is 0 Å². The molecule has 8 heteroatoms. The van der Waals surface area contributed by atoms with Crippen molar-refractivity contribution in [3.8, 4) is 22.5 Å². The van der Waals surface area contributed by atoms with Gasteiger partial charge in [-0.1, -0.05) is 17.7 Å². The number of imidazole rings is 1. The van der Waals surface area contributed by atoms with Crippen LogP contribution < -0.4 is 11.1 Å². The molecule has 30 heavy (non-hydrogen) atoms. The molecule has 0 amide bonds. The first kappa shape index (κ1) is 19.0. The number of nitrogens with two attached hydrogens (primary N) is 1. The Morgan fingerprint density at radius 3 is 2.70 bits per heavy atom. The molecule has 3 N–H and O–H groups in total. The number of halogens is 1. The lowest BCUT2D eigenvalue weighted by Gasteiger charge is -2.26. The molecule has 4 aromatic rings. The zero-order valence-corrected chi connectivity index (χ0v) is 17.1. The van der Waals surface area contributed by atoms with Crippen molar-refractivity contribution in [2.24, 2.45) is 5.73 Å². The van der Waals surface area contributed by atoms with Gasteiger partial charge in [0.1, 0.15) is 11.3 Å². The van der Waals surface area contributed by atoms with Gasteiger partial charge in [-0.3, -0.25) is 9.38 Å². The second-order valence-corrected chi connectivity index (χ2v) is 8.08. The summed E-state index contributed by atoms with van der Waals surface area (Å²) in [5.41, 5.74) is 10.4. The lowest BCUT2D eigenvalue weighted by molar-refractivity contribution is 0.410. The molecule has 4 heterocycles. The van der Waals surface area contributed by atoms with Crippen molar-refractivity contribution in [3.63, 3.8) is 0 Å². The molecule has 0 unspecified atom stereocenters. The summed E-state index contributed by atoms with van der Waals surface area (Å²) in [7, 11) is 0. The Morgan fingerprint density at radius 2 is 1.90 bits per heavy atom. The fourth-order valence-electron chi connectivity index (χ4n) is 3.93. The summed E-state index contributed by atoms with van der Waals surface area (Å²) in [4.78, 5) is 17.8. The average molecular weight is 420 g/mol. The van der Waals surface area contributed by atoms with Gasteiger partial charge in [-0.2, -0.15) is 0 Å². The van der Waals surface area contributed by atoms with Crippen LogP contribution in [0.3, 0.4) is 0 Å². The van der Waals surface area contributed by atoms with Crippen LogP contribution in [0.25, 0.3) is 28.2 Å². The van der Waals surface area contributed by atoms with Gasteiger partial charge in [0.25, 0.3) is 0 Å². The maximum absolute atomic E-state index is 6.46. The quantitative estimate of drug-likeness (QED) is 0.515. The van der Waals surface area contributed by atoms with Gasteiger partial charge in [-0.15, -0.1) is 0 Å². The van der Waals surface area contributed by atoms with Crippen LogP contribution in [0.2, 0.25) is 5.02 Å². The molecule has 0 aromatic carbocycles. The lowest BCUT2D eigenvalue weighted by Crippen LogP contribution is -2.33. The highest BCUT2D eigenvalue weighted by Gasteiger charge is 2.20. The van der Waals surface area contributed by atoms with Crippen molar-refractivity contribution in [2.75, 3.05) is 5.32 Å². The van der Waals surface area contributed by atoms with Crippen molar-refractivity contribution in [2.45, 2.75) is 37.8 Å². The Bertz CT molecular complexity index is 1170. The molecule has 0 saturated heterocycles. The monoisotopic (exact) mass is 419 g/mol.